The second-order valence-corrected chi connectivity index (χ2v) is 5.10. The normalized spacial score (nSPS) is 21.4. The largest absolute Gasteiger partial charge is 0.327 e. The third kappa shape index (κ3) is 2.07. The van der Waals surface area contributed by atoms with Crippen molar-refractivity contribution in [1.29, 1.82) is 0 Å². The van der Waals surface area contributed by atoms with Crippen LogP contribution in [-0.4, -0.2) is 30.6 Å². The third-order valence-corrected chi connectivity index (χ3v) is 3.49. The fraction of sp³-hybridized carbons (Fsp3) is 0.417. The molecule has 0 aliphatic carbocycles. The Morgan fingerprint density at radius 3 is 2.56 bits per heavy atom. The van der Waals surface area contributed by atoms with Crippen LogP contribution in [0.2, 0.25) is 0 Å². The highest BCUT2D eigenvalue weighted by Crippen LogP contribution is 2.25. The van der Waals surface area contributed by atoms with Gasteiger partial charge in [0.25, 0.3) is 0 Å². The minimum absolute atomic E-state index is 0.0843. The maximum Gasteiger partial charge on any atom is 0.324 e. The van der Waals surface area contributed by atoms with E-state index in [0.717, 1.165) is 23.1 Å². The van der Waals surface area contributed by atoms with E-state index in [1.807, 2.05) is 36.2 Å². The smallest absolute Gasteiger partial charge is 0.324 e. The van der Waals surface area contributed by atoms with Gasteiger partial charge in [0.05, 0.1) is 0 Å². The van der Waals surface area contributed by atoms with E-state index < -0.39 is 0 Å². The molecule has 1 aromatic rings. The van der Waals surface area contributed by atoms with Crippen molar-refractivity contribution >= 4 is 27.6 Å². The van der Waals surface area contributed by atoms with E-state index in [1.165, 1.54) is 0 Å². The molecule has 1 heterocycles. The summed E-state index contributed by atoms with van der Waals surface area (Å²) < 4.78 is 1.03. The van der Waals surface area contributed by atoms with E-state index in [9.17, 15) is 4.79 Å². The average Bonchev–Trinajstić information content (AvgIpc) is 2.27. The Hall–Kier alpha value is -1.03. The summed E-state index contributed by atoms with van der Waals surface area (Å²) in [5.74, 6) is 0. The Morgan fingerprint density at radius 2 is 1.94 bits per heavy atom. The zero-order chi connectivity index (χ0) is 11.7. The number of halogens is 1. The van der Waals surface area contributed by atoms with Crippen molar-refractivity contribution in [2.24, 2.45) is 0 Å². The highest BCUT2D eigenvalue weighted by Gasteiger charge is 2.29. The van der Waals surface area contributed by atoms with Crippen LogP contribution in [-0.2, 0) is 0 Å². The first-order valence-electron chi connectivity index (χ1n) is 5.39. The molecule has 1 aromatic carbocycles. The fourth-order valence-corrected chi connectivity index (χ4v) is 2.21. The molecule has 0 bridgehead atoms. The molecule has 2 rings (SSSR count). The SMILES string of the molecule is C[C@H]1CCN(C)C(=O)N1c1ccc(Br)cc1. The van der Waals surface area contributed by atoms with Gasteiger partial charge in [-0.15, -0.1) is 0 Å². The van der Waals surface area contributed by atoms with Gasteiger partial charge in [0, 0.05) is 29.8 Å². The van der Waals surface area contributed by atoms with Crippen LogP contribution in [0.5, 0.6) is 0 Å². The number of amides is 2. The topological polar surface area (TPSA) is 23.6 Å². The molecule has 0 radical (unpaired) electrons. The zero-order valence-corrected chi connectivity index (χ0v) is 11.1. The summed E-state index contributed by atoms with van der Waals surface area (Å²) in [4.78, 5) is 15.7. The molecule has 16 heavy (non-hydrogen) atoms. The van der Waals surface area contributed by atoms with Crippen LogP contribution < -0.4 is 4.90 Å². The van der Waals surface area contributed by atoms with Gasteiger partial charge >= 0.3 is 6.03 Å². The van der Waals surface area contributed by atoms with Gasteiger partial charge in [-0.2, -0.15) is 0 Å². The number of hydrogen-bond donors (Lipinski definition) is 0. The van der Waals surface area contributed by atoms with Gasteiger partial charge in [-0.05, 0) is 37.6 Å². The number of nitrogens with zero attached hydrogens (tertiary/aromatic N) is 2. The summed E-state index contributed by atoms with van der Waals surface area (Å²) >= 11 is 3.40. The Balaban J connectivity index is 2.30. The molecular formula is C12H15BrN2O. The highest BCUT2D eigenvalue weighted by atomic mass is 79.9. The van der Waals surface area contributed by atoms with Crippen molar-refractivity contribution < 1.29 is 4.79 Å². The minimum Gasteiger partial charge on any atom is -0.327 e. The highest BCUT2D eigenvalue weighted by molar-refractivity contribution is 9.10. The molecule has 0 saturated carbocycles. The van der Waals surface area contributed by atoms with Crippen LogP contribution in [0.15, 0.2) is 28.7 Å². The molecule has 1 aliphatic heterocycles. The molecule has 1 fully saturated rings. The first-order chi connectivity index (χ1) is 7.59. The van der Waals surface area contributed by atoms with Crippen molar-refractivity contribution in [2.45, 2.75) is 19.4 Å². The first kappa shape index (κ1) is 11.5. The number of carbonyl (C=O) groups is 1. The molecule has 0 N–H and O–H groups in total. The molecular weight excluding hydrogens is 268 g/mol. The Labute approximate surface area is 104 Å². The quantitative estimate of drug-likeness (QED) is 0.777. The predicted molar refractivity (Wildman–Crippen MR) is 68.7 cm³/mol. The maximum absolute atomic E-state index is 12.1. The number of benzene rings is 1. The lowest BCUT2D eigenvalue weighted by Gasteiger charge is -2.38. The maximum atomic E-state index is 12.1. The van der Waals surface area contributed by atoms with Gasteiger partial charge < -0.3 is 4.90 Å². The Bertz CT molecular complexity index is 391. The zero-order valence-electron chi connectivity index (χ0n) is 9.48. The van der Waals surface area contributed by atoms with Gasteiger partial charge in [0.1, 0.15) is 0 Å². The average molecular weight is 283 g/mol. The molecule has 1 atom stereocenters. The second kappa shape index (κ2) is 4.45. The third-order valence-electron chi connectivity index (χ3n) is 2.96. The Morgan fingerprint density at radius 1 is 1.31 bits per heavy atom. The number of rotatable bonds is 1. The van der Waals surface area contributed by atoms with Crippen LogP contribution in [0, 0.1) is 0 Å². The van der Waals surface area contributed by atoms with Gasteiger partial charge in [-0.25, -0.2) is 4.79 Å². The molecule has 3 nitrogen and oxygen atoms in total. The van der Waals surface area contributed by atoms with Gasteiger partial charge in [-0.1, -0.05) is 15.9 Å². The summed E-state index contributed by atoms with van der Waals surface area (Å²) in [5.41, 5.74) is 0.965. The molecule has 4 heteroatoms. The molecule has 1 aliphatic rings. The predicted octanol–water partition coefficient (Wildman–Crippen LogP) is 3.10. The van der Waals surface area contributed by atoms with Crippen molar-refractivity contribution in [1.82, 2.24) is 4.90 Å². The molecule has 86 valence electrons. The van der Waals surface area contributed by atoms with Crippen molar-refractivity contribution in [3.8, 4) is 0 Å². The lowest BCUT2D eigenvalue weighted by atomic mass is 10.1. The first-order valence-corrected chi connectivity index (χ1v) is 6.19. The Kier molecular flexibility index (Phi) is 3.19. The van der Waals surface area contributed by atoms with Gasteiger partial charge in [0.2, 0.25) is 0 Å². The number of urea groups is 1. The van der Waals surface area contributed by atoms with E-state index >= 15 is 0 Å². The van der Waals surface area contributed by atoms with Crippen LogP contribution in [0.25, 0.3) is 0 Å². The summed E-state index contributed by atoms with van der Waals surface area (Å²) in [6, 6.07) is 8.22. The van der Waals surface area contributed by atoms with Crippen LogP contribution in [0.3, 0.4) is 0 Å². The van der Waals surface area contributed by atoms with Crippen LogP contribution in [0.1, 0.15) is 13.3 Å². The number of anilines is 1. The van der Waals surface area contributed by atoms with Crippen LogP contribution >= 0.6 is 15.9 Å². The van der Waals surface area contributed by atoms with E-state index in [1.54, 1.807) is 4.90 Å². The lowest BCUT2D eigenvalue weighted by Crippen LogP contribution is -2.52. The minimum atomic E-state index is 0.0843. The monoisotopic (exact) mass is 282 g/mol. The second-order valence-electron chi connectivity index (χ2n) is 4.19. The number of hydrogen-bond acceptors (Lipinski definition) is 1. The summed E-state index contributed by atoms with van der Waals surface area (Å²) in [5, 5.41) is 0. The van der Waals surface area contributed by atoms with Gasteiger partial charge in [-0.3, -0.25) is 4.90 Å². The fourth-order valence-electron chi connectivity index (χ4n) is 1.94. The standard InChI is InChI=1S/C12H15BrN2O/c1-9-7-8-14(2)12(16)15(9)11-5-3-10(13)4-6-11/h3-6,9H,7-8H2,1-2H3/t9-/m0/s1. The summed E-state index contributed by atoms with van der Waals surface area (Å²) in [6.07, 6.45) is 1.01. The number of carbonyl (C=O) groups excluding carboxylic acids is 1. The van der Waals surface area contributed by atoms with E-state index in [0.29, 0.717) is 0 Å². The summed E-state index contributed by atoms with van der Waals surface area (Å²) in [6.45, 7) is 2.93. The van der Waals surface area contributed by atoms with Crippen molar-refractivity contribution in [3.63, 3.8) is 0 Å². The van der Waals surface area contributed by atoms with Crippen molar-refractivity contribution in [3.05, 3.63) is 28.7 Å². The van der Waals surface area contributed by atoms with E-state index in [-0.39, 0.29) is 12.1 Å². The van der Waals surface area contributed by atoms with Gasteiger partial charge in [0.15, 0.2) is 0 Å². The molecule has 2 amide bonds. The molecule has 0 spiro atoms. The van der Waals surface area contributed by atoms with Crippen LogP contribution in [0.4, 0.5) is 10.5 Å². The summed E-state index contributed by atoms with van der Waals surface area (Å²) in [7, 11) is 1.85. The van der Waals surface area contributed by atoms with Crippen molar-refractivity contribution in [2.75, 3.05) is 18.5 Å². The molecule has 0 unspecified atom stereocenters. The lowest BCUT2D eigenvalue weighted by molar-refractivity contribution is 0.201. The molecule has 0 aromatic heterocycles. The molecule has 1 saturated heterocycles. The van der Waals surface area contributed by atoms with E-state index in [2.05, 4.69) is 22.9 Å². The van der Waals surface area contributed by atoms with E-state index in [4.69, 9.17) is 0 Å².